The van der Waals surface area contributed by atoms with E-state index in [4.69, 9.17) is 4.74 Å². The van der Waals surface area contributed by atoms with Crippen LogP contribution in [0.1, 0.15) is 23.2 Å². The van der Waals surface area contributed by atoms with Crippen molar-refractivity contribution in [2.75, 3.05) is 67.6 Å². The van der Waals surface area contributed by atoms with Crippen LogP contribution in [0.3, 0.4) is 0 Å². The lowest BCUT2D eigenvalue weighted by Crippen LogP contribution is -2.47. The molecule has 0 spiro atoms. The van der Waals surface area contributed by atoms with Crippen LogP contribution in [0.4, 0.5) is 0 Å². The molecular formula is C26H36N4O3. The molecule has 2 amide bonds. The van der Waals surface area contributed by atoms with Crippen molar-refractivity contribution in [3.05, 3.63) is 71.8 Å². The molecule has 1 aliphatic heterocycles. The van der Waals surface area contributed by atoms with Crippen molar-refractivity contribution in [2.24, 2.45) is 0 Å². The number of ether oxygens (including phenoxy) is 1. The number of hydrogen-bond donors (Lipinski definition) is 0. The fraction of sp³-hybridized carbons (Fsp3) is 0.462. The molecule has 7 heteroatoms. The van der Waals surface area contributed by atoms with Gasteiger partial charge in [-0.3, -0.25) is 19.4 Å². The minimum absolute atomic E-state index is 0.000114. The Hall–Kier alpha value is -2.74. The Labute approximate surface area is 197 Å². The number of carbonyl (C=O) groups is 2. The smallest absolute Gasteiger partial charge is 0.237 e. The molecule has 0 bridgehead atoms. The molecule has 0 aromatic heterocycles. The summed E-state index contributed by atoms with van der Waals surface area (Å²) < 4.78 is 5.72. The molecule has 178 valence electrons. The largest absolute Gasteiger partial charge is 0.379 e. The van der Waals surface area contributed by atoms with Gasteiger partial charge in [0.25, 0.3) is 0 Å². The summed E-state index contributed by atoms with van der Waals surface area (Å²) in [6, 6.07) is 19.3. The van der Waals surface area contributed by atoms with E-state index in [0.29, 0.717) is 26.3 Å². The van der Waals surface area contributed by atoms with Crippen molar-refractivity contribution in [1.82, 2.24) is 19.6 Å². The zero-order chi connectivity index (χ0) is 23.8. The van der Waals surface area contributed by atoms with E-state index in [1.165, 1.54) is 0 Å². The van der Waals surface area contributed by atoms with Gasteiger partial charge in [-0.1, -0.05) is 60.7 Å². The molecule has 1 saturated heterocycles. The van der Waals surface area contributed by atoms with E-state index < -0.39 is 0 Å². The molecule has 3 rings (SSSR count). The summed E-state index contributed by atoms with van der Waals surface area (Å²) >= 11 is 0. The lowest BCUT2D eigenvalue weighted by Gasteiger charge is -2.41. The van der Waals surface area contributed by atoms with E-state index in [-0.39, 0.29) is 37.0 Å². The maximum Gasteiger partial charge on any atom is 0.237 e. The molecule has 7 nitrogen and oxygen atoms in total. The lowest BCUT2D eigenvalue weighted by molar-refractivity contribution is -0.140. The van der Waals surface area contributed by atoms with E-state index in [9.17, 15) is 9.59 Å². The van der Waals surface area contributed by atoms with Gasteiger partial charge in [0.15, 0.2) is 0 Å². The third-order valence-electron chi connectivity index (χ3n) is 6.25. The Morgan fingerprint density at radius 2 is 1.00 bits per heavy atom. The second-order valence-electron chi connectivity index (χ2n) is 8.81. The first-order valence-electron chi connectivity index (χ1n) is 11.4. The standard InChI is InChI=1S/C26H36N4O3/c1-27-15-17-33-18-16-28(2)20-24(32)30(4)26(22-13-9-6-10-14-22)25(29(3)23(31)19-27)21-11-7-5-8-12-21/h5-14,25-26H,15-20H2,1-4H3/t25-,26-/m0/s1. The zero-order valence-electron chi connectivity index (χ0n) is 20.2. The van der Waals surface area contributed by atoms with Gasteiger partial charge in [0.05, 0.1) is 38.4 Å². The number of carbonyl (C=O) groups excluding carboxylic acids is 2. The summed E-state index contributed by atoms with van der Waals surface area (Å²) in [7, 11) is 7.54. The average Bonchev–Trinajstić information content (AvgIpc) is 2.82. The molecule has 0 unspecified atom stereocenters. The number of amides is 2. The van der Waals surface area contributed by atoms with Crippen LogP contribution in [0.5, 0.6) is 0 Å². The van der Waals surface area contributed by atoms with Crippen LogP contribution in [0, 0.1) is 0 Å². The molecule has 0 saturated carbocycles. The average molecular weight is 453 g/mol. The highest BCUT2D eigenvalue weighted by molar-refractivity contribution is 5.80. The predicted molar refractivity (Wildman–Crippen MR) is 130 cm³/mol. The van der Waals surface area contributed by atoms with Crippen LogP contribution in [0.15, 0.2) is 60.7 Å². The van der Waals surface area contributed by atoms with E-state index in [2.05, 4.69) is 0 Å². The summed E-state index contributed by atoms with van der Waals surface area (Å²) in [4.78, 5) is 34.3. The SMILES string of the molecule is CN1CCOCCN(C)CC(=O)N(C)[C@@H](c2ccccc2)[C@H](c2ccccc2)N(C)C(=O)C1. The highest BCUT2D eigenvalue weighted by atomic mass is 16.5. The highest BCUT2D eigenvalue weighted by Gasteiger charge is 2.36. The Morgan fingerprint density at radius 3 is 1.36 bits per heavy atom. The molecule has 33 heavy (non-hydrogen) atoms. The van der Waals surface area contributed by atoms with Gasteiger partial charge in [0, 0.05) is 27.2 Å². The third kappa shape index (κ3) is 6.63. The zero-order valence-corrected chi connectivity index (χ0v) is 20.2. The van der Waals surface area contributed by atoms with Crippen LogP contribution in [0.2, 0.25) is 0 Å². The van der Waals surface area contributed by atoms with Crippen LogP contribution < -0.4 is 0 Å². The van der Waals surface area contributed by atoms with Crippen molar-refractivity contribution >= 4 is 11.8 Å². The molecule has 1 heterocycles. The van der Waals surface area contributed by atoms with Gasteiger partial charge >= 0.3 is 0 Å². The minimum atomic E-state index is -0.338. The first-order chi connectivity index (χ1) is 15.9. The minimum Gasteiger partial charge on any atom is -0.379 e. The van der Waals surface area contributed by atoms with Crippen LogP contribution in [-0.2, 0) is 14.3 Å². The molecule has 1 aliphatic rings. The fourth-order valence-corrected chi connectivity index (χ4v) is 4.23. The molecule has 2 aromatic carbocycles. The normalized spacial score (nSPS) is 23.3. The van der Waals surface area contributed by atoms with Crippen molar-refractivity contribution in [3.63, 3.8) is 0 Å². The van der Waals surface area contributed by atoms with E-state index in [1.807, 2.05) is 98.7 Å². The molecular weight excluding hydrogens is 416 g/mol. The van der Waals surface area contributed by atoms with Crippen molar-refractivity contribution < 1.29 is 14.3 Å². The number of likely N-dealkylation sites (N-methyl/N-ethyl adjacent to an activating group) is 4. The summed E-state index contributed by atoms with van der Waals surface area (Å²) in [5.74, 6) is 0.000228. The second-order valence-corrected chi connectivity index (χ2v) is 8.81. The quantitative estimate of drug-likeness (QED) is 0.700. The Balaban J connectivity index is 2.08. The van der Waals surface area contributed by atoms with E-state index >= 15 is 0 Å². The van der Waals surface area contributed by atoms with Gasteiger partial charge in [-0.2, -0.15) is 0 Å². The molecule has 2 atom stereocenters. The highest BCUT2D eigenvalue weighted by Crippen LogP contribution is 2.37. The first kappa shape index (κ1) is 24.9. The topological polar surface area (TPSA) is 56.3 Å². The van der Waals surface area contributed by atoms with Crippen molar-refractivity contribution in [3.8, 4) is 0 Å². The number of rotatable bonds is 2. The van der Waals surface area contributed by atoms with Crippen LogP contribution in [0.25, 0.3) is 0 Å². The summed E-state index contributed by atoms with van der Waals surface area (Å²) in [5.41, 5.74) is 1.98. The first-order valence-corrected chi connectivity index (χ1v) is 11.4. The monoisotopic (exact) mass is 452 g/mol. The third-order valence-corrected chi connectivity index (χ3v) is 6.25. The van der Waals surface area contributed by atoms with E-state index in [0.717, 1.165) is 11.1 Å². The Morgan fingerprint density at radius 1 is 0.636 bits per heavy atom. The maximum atomic E-state index is 13.4. The predicted octanol–water partition coefficient (Wildman–Crippen LogP) is 2.28. The van der Waals surface area contributed by atoms with Crippen molar-refractivity contribution in [2.45, 2.75) is 12.1 Å². The molecule has 0 radical (unpaired) electrons. The maximum absolute atomic E-state index is 13.4. The number of nitrogens with zero attached hydrogens (tertiary/aromatic N) is 4. The number of hydrogen-bond acceptors (Lipinski definition) is 5. The molecule has 1 fully saturated rings. The van der Waals surface area contributed by atoms with Gasteiger partial charge in [-0.15, -0.1) is 0 Å². The van der Waals surface area contributed by atoms with Crippen molar-refractivity contribution in [1.29, 1.82) is 0 Å². The van der Waals surface area contributed by atoms with Crippen LogP contribution in [-0.4, -0.2) is 99.0 Å². The van der Waals surface area contributed by atoms with Gasteiger partial charge in [0.1, 0.15) is 0 Å². The second kappa shape index (κ2) is 11.9. The van der Waals surface area contributed by atoms with E-state index in [1.54, 1.807) is 9.80 Å². The molecule has 2 aromatic rings. The summed E-state index contributed by atoms with van der Waals surface area (Å²) in [5, 5.41) is 0. The van der Waals surface area contributed by atoms with Gasteiger partial charge in [-0.25, -0.2) is 0 Å². The lowest BCUT2D eigenvalue weighted by atomic mass is 9.90. The number of benzene rings is 2. The summed E-state index contributed by atoms with van der Waals surface area (Å²) in [6.07, 6.45) is 0. The van der Waals surface area contributed by atoms with Gasteiger partial charge in [0.2, 0.25) is 11.8 Å². The summed E-state index contributed by atoms with van der Waals surface area (Å²) in [6.45, 7) is 2.99. The van der Waals surface area contributed by atoms with Gasteiger partial charge < -0.3 is 14.5 Å². The Kier molecular flexibility index (Phi) is 9.00. The molecule has 0 N–H and O–H groups in total. The van der Waals surface area contributed by atoms with Crippen LogP contribution >= 0.6 is 0 Å². The fourth-order valence-electron chi connectivity index (χ4n) is 4.23. The molecule has 0 aliphatic carbocycles. The Bertz CT molecular complexity index is 819. The van der Waals surface area contributed by atoms with Gasteiger partial charge in [-0.05, 0) is 25.2 Å².